The normalized spacial score (nSPS) is 15.8. The summed E-state index contributed by atoms with van der Waals surface area (Å²) in [6.07, 6.45) is 2.72. The zero-order valence-electron chi connectivity index (χ0n) is 8.70. The van der Waals surface area contributed by atoms with Gasteiger partial charge in [-0.05, 0) is 36.5 Å². The molecule has 3 nitrogen and oxygen atoms in total. The van der Waals surface area contributed by atoms with E-state index >= 15 is 0 Å². The Morgan fingerprint density at radius 2 is 2.06 bits per heavy atom. The molecule has 0 atom stereocenters. The van der Waals surface area contributed by atoms with Crippen molar-refractivity contribution in [3.63, 3.8) is 0 Å². The van der Waals surface area contributed by atoms with Gasteiger partial charge in [-0.15, -0.1) is 0 Å². The number of halogens is 1. The maximum atomic E-state index is 13.4. The largest absolute Gasteiger partial charge is 0.224 e. The van der Waals surface area contributed by atoms with Gasteiger partial charge < -0.3 is 0 Å². The maximum absolute atomic E-state index is 13.4. The summed E-state index contributed by atoms with van der Waals surface area (Å²) in [7, 11) is -3.41. The third-order valence-corrected chi connectivity index (χ3v) is 3.81. The molecule has 0 spiro atoms. The highest BCUT2D eigenvalue weighted by molar-refractivity contribution is 7.90. The molecule has 0 aromatic heterocycles. The molecule has 0 unspecified atom stereocenters. The van der Waals surface area contributed by atoms with Crippen LogP contribution in [0.5, 0.6) is 0 Å². The first kappa shape index (κ1) is 11.1. The number of sulfone groups is 1. The third-order valence-electron chi connectivity index (χ3n) is 2.65. The zero-order valence-corrected chi connectivity index (χ0v) is 9.51. The van der Waals surface area contributed by atoms with Crippen LogP contribution < -0.4 is 0 Å². The van der Waals surface area contributed by atoms with E-state index in [-0.39, 0.29) is 16.4 Å². The van der Waals surface area contributed by atoms with Gasteiger partial charge in [0.15, 0.2) is 9.84 Å². The Hall–Kier alpha value is -1.41. The second kappa shape index (κ2) is 3.56. The Morgan fingerprint density at radius 1 is 1.44 bits per heavy atom. The molecule has 16 heavy (non-hydrogen) atoms. The first-order chi connectivity index (χ1) is 7.45. The van der Waals surface area contributed by atoms with Gasteiger partial charge in [0.2, 0.25) is 0 Å². The lowest BCUT2D eigenvalue weighted by Crippen LogP contribution is -2.05. The van der Waals surface area contributed by atoms with Crippen molar-refractivity contribution in [1.29, 1.82) is 5.26 Å². The fourth-order valence-electron chi connectivity index (χ4n) is 1.79. The van der Waals surface area contributed by atoms with Gasteiger partial charge in [0.1, 0.15) is 11.9 Å². The monoisotopic (exact) mass is 239 g/mol. The Labute approximate surface area is 93.4 Å². The van der Waals surface area contributed by atoms with Crippen LogP contribution >= 0.6 is 0 Å². The van der Waals surface area contributed by atoms with Crippen LogP contribution in [0.4, 0.5) is 4.39 Å². The van der Waals surface area contributed by atoms with E-state index in [0.717, 1.165) is 25.2 Å². The standard InChI is InChI=1S/C11H10FNO2S/c1-16(14,15)10-5-4-9(12)8(6-13)11(10)7-2-3-7/h4-5,7H,2-3H2,1H3. The first-order valence-electron chi connectivity index (χ1n) is 4.87. The van der Waals surface area contributed by atoms with Crippen molar-refractivity contribution in [2.75, 3.05) is 6.26 Å². The summed E-state index contributed by atoms with van der Waals surface area (Å²) in [6.45, 7) is 0. The van der Waals surface area contributed by atoms with Gasteiger partial charge in [-0.1, -0.05) is 0 Å². The third kappa shape index (κ3) is 1.81. The summed E-state index contributed by atoms with van der Waals surface area (Å²) in [5, 5.41) is 8.88. The predicted octanol–water partition coefficient (Wildman–Crippen LogP) is 1.98. The van der Waals surface area contributed by atoms with Gasteiger partial charge in [-0.25, -0.2) is 12.8 Å². The van der Waals surface area contributed by atoms with Crippen molar-refractivity contribution in [2.45, 2.75) is 23.7 Å². The van der Waals surface area contributed by atoms with E-state index in [2.05, 4.69) is 0 Å². The maximum Gasteiger partial charge on any atom is 0.175 e. The Bertz CT molecular complexity index is 583. The number of rotatable bonds is 2. The molecule has 1 aromatic rings. The van der Waals surface area contributed by atoms with Crippen LogP contribution in [0.15, 0.2) is 17.0 Å². The van der Waals surface area contributed by atoms with Crippen LogP contribution in [0.2, 0.25) is 0 Å². The van der Waals surface area contributed by atoms with Crippen molar-refractivity contribution in [1.82, 2.24) is 0 Å². The van der Waals surface area contributed by atoms with E-state index in [4.69, 9.17) is 5.26 Å². The lowest BCUT2D eigenvalue weighted by Gasteiger charge is -2.09. The molecule has 0 bridgehead atoms. The Morgan fingerprint density at radius 3 is 2.50 bits per heavy atom. The highest BCUT2D eigenvalue weighted by Gasteiger charge is 2.32. The molecule has 1 aliphatic carbocycles. The second-order valence-electron chi connectivity index (χ2n) is 3.99. The second-order valence-corrected chi connectivity index (χ2v) is 5.98. The van der Waals surface area contributed by atoms with Crippen molar-refractivity contribution < 1.29 is 12.8 Å². The molecule has 1 fully saturated rings. The Kier molecular flexibility index (Phi) is 2.47. The van der Waals surface area contributed by atoms with E-state index in [1.165, 1.54) is 6.07 Å². The minimum Gasteiger partial charge on any atom is -0.224 e. The molecule has 2 rings (SSSR count). The highest BCUT2D eigenvalue weighted by Crippen LogP contribution is 2.44. The average Bonchev–Trinajstić information content (AvgIpc) is 2.98. The van der Waals surface area contributed by atoms with E-state index in [1.54, 1.807) is 6.07 Å². The van der Waals surface area contributed by atoms with Crippen molar-refractivity contribution >= 4 is 9.84 Å². The number of nitrogens with zero attached hydrogens (tertiary/aromatic N) is 1. The molecule has 0 radical (unpaired) electrons. The van der Waals surface area contributed by atoms with Gasteiger partial charge >= 0.3 is 0 Å². The molecule has 0 aliphatic heterocycles. The van der Waals surface area contributed by atoms with Crippen molar-refractivity contribution in [3.8, 4) is 6.07 Å². The molecule has 84 valence electrons. The van der Waals surface area contributed by atoms with Gasteiger partial charge in [0, 0.05) is 6.26 Å². The average molecular weight is 239 g/mol. The number of nitriles is 1. The lowest BCUT2D eigenvalue weighted by molar-refractivity contribution is 0.597. The highest BCUT2D eigenvalue weighted by atomic mass is 32.2. The van der Waals surface area contributed by atoms with Crippen LogP contribution in [0, 0.1) is 17.1 Å². The summed E-state index contributed by atoms with van der Waals surface area (Å²) in [5.41, 5.74) is 0.246. The van der Waals surface area contributed by atoms with Gasteiger partial charge in [0.05, 0.1) is 10.5 Å². The van der Waals surface area contributed by atoms with Crippen LogP contribution in [-0.4, -0.2) is 14.7 Å². The molecule has 0 saturated heterocycles. The van der Waals surface area contributed by atoms with E-state index in [9.17, 15) is 12.8 Å². The fourth-order valence-corrected chi connectivity index (χ4v) is 2.77. The summed E-state index contributed by atoms with van der Waals surface area (Å²) < 4.78 is 36.5. The quantitative estimate of drug-likeness (QED) is 0.741. The summed E-state index contributed by atoms with van der Waals surface area (Å²) in [6, 6.07) is 4.05. The molecular weight excluding hydrogens is 229 g/mol. The molecule has 0 N–H and O–H groups in total. The van der Waals surface area contributed by atoms with Gasteiger partial charge in [0.25, 0.3) is 0 Å². The Balaban J connectivity index is 2.77. The van der Waals surface area contributed by atoms with Gasteiger partial charge in [-0.2, -0.15) is 5.26 Å². The van der Waals surface area contributed by atoms with Crippen LogP contribution in [0.3, 0.4) is 0 Å². The molecule has 1 saturated carbocycles. The molecule has 0 amide bonds. The first-order valence-corrected chi connectivity index (χ1v) is 6.77. The van der Waals surface area contributed by atoms with Crippen LogP contribution in [0.1, 0.15) is 29.9 Å². The van der Waals surface area contributed by atoms with Crippen molar-refractivity contribution in [2.24, 2.45) is 0 Å². The van der Waals surface area contributed by atoms with Crippen LogP contribution in [-0.2, 0) is 9.84 Å². The molecular formula is C11H10FNO2S. The number of hydrogen-bond donors (Lipinski definition) is 0. The molecule has 1 aliphatic rings. The number of benzene rings is 1. The van der Waals surface area contributed by atoms with E-state index in [1.807, 2.05) is 0 Å². The minimum absolute atomic E-state index is 0.0232. The smallest absolute Gasteiger partial charge is 0.175 e. The fraction of sp³-hybridized carbons (Fsp3) is 0.364. The van der Waals surface area contributed by atoms with E-state index in [0.29, 0.717) is 5.56 Å². The van der Waals surface area contributed by atoms with E-state index < -0.39 is 15.7 Å². The SMILES string of the molecule is CS(=O)(=O)c1ccc(F)c(C#N)c1C1CC1. The summed E-state index contributed by atoms with van der Waals surface area (Å²) >= 11 is 0. The topological polar surface area (TPSA) is 57.9 Å². The van der Waals surface area contributed by atoms with Gasteiger partial charge in [-0.3, -0.25) is 0 Å². The molecule has 0 heterocycles. The predicted molar refractivity (Wildman–Crippen MR) is 56.2 cm³/mol. The molecule has 1 aromatic carbocycles. The lowest BCUT2D eigenvalue weighted by atomic mass is 10.0. The van der Waals surface area contributed by atoms with Crippen molar-refractivity contribution in [3.05, 3.63) is 29.1 Å². The zero-order chi connectivity index (χ0) is 11.9. The summed E-state index contributed by atoms with van der Waals surface area (Å²) in [5.74, 6) is -0.619. The summed E-state index contributed by atoms with van der Waals surface area (Å²) in [4.78, 5) is 0.0907. The minimum atomic E-state index is -3.41. The van der Waals surface area contributed by atoms with Crippen LogP contribution in [0.25, 0.3) is 0 Å². The number of hydrogen-bond acceptors (Lipinski definition) is 3. The molecule has 5 heteroatoms.